The van der Waals surface area contributed by atoms with Crippen molar-refractivity contribution in [2.24, 2.45) is 5.84 Å². The fourth-order valence-electron chi connectivity index (χ4n) is 1.06. The quantitative estimate of drug-likeness (QED) is 0.589. The molecule has 3 N–H and O–H groups in total. The Labute approximate surface area is 86.8 Å². The van der Waals surface area contributed by atoms with Crippen LogP contribution in [-0.2, 0) is 4.74 Å². The molecule has 1 unspecified atom stereocenters. The molecule has 3 nitrogen and oxygen atoms in total. The zero-order valence-electron chi connectivity index (χ0n) is 7.42. The first kappa shape index (κ1) is 10.9. The highest BCUT2D eigenvalue weighted by molar-refractivity contribution is 7.16. The van der Waals surface area contributed by atoms with Crippen LogP contribution < -0.4 is 11.3 Å². The summed E-state index contributed by atoms with van der Waals surface area (Å²) in [6, 6.07) is 3.99. The Hall–Kier alpha value is -0.130. The van der Waals surface area contributed by atoms with Gasteiger partial charge in [-0.15, -0.1) is 11.3 Å². The summed E-state index contributed by atoms with van der Waals surface area (Å²) in [5.41, 5.74) is 2.74. The lowest BCUT2D eigenvalue weighted by Crippen LogP contribution is -2.28. The normalized spacial score (nSPS) is 13.2. The van der Waals surface area contributed by atoms with Crippen molar-refractivity contribution >= 4 is 22.9 Å². The minimum Gasteiger partial charge on any atom is -0.385 e. The molecule has 0 amide bonds. The largest absolute Gasteiger partial charge is 0.385 e. The third-order valence-corrected chi connectivity index (χ3v) is 3.09. The van der Waals surface area contributed by atoms with E-state index in [1.54, 1.807) is 7.11 Å². The lowest BCUT2D eigenvalue weighted by Gasteiger charge is -2.12. The molecule has 0 aliphatic carbocycles. The maximum Gasteiger partial charge on any atom is 0.0931 e. The molecule has 0 aliphatic heterocycles. The monoisotopic (exact) mass is 220 g/mol. The van der Waals surface area contributed by atoms with E-state index < -0.39 is 0 Å². The van der Waals surface area contributed by atoms with E-state index >= 15 is 0 Å². The SMILES string of the molecule is COCCC(NN)c1ccc(Cl)s1. The van der Waals surface area contributed by atoms with Crippen LogP contribution in [0.4, 0.5) is 0 Å². The van der Waals surface area contributed by atoms with Crippen LogP contribution in [-0.4, -0.2) is 13.7 Å². The van der Waals surface area contributed by atoms with Gasteiger partial charge in [0.2, 0.25) is 0 Å². The van der Waals surface area contributed by atoms with E-state index in [2.05, 4.69) is 5.43 Å². The molecule has 0 bridgehead atoms. The first-order valence-electron chi connectivity index (χ1n) is 3.98. The Balaban J connectivity index is 2.56. The smallest absolute Gasteiger partial charge is 0.0931 e. The molecular weight excluding hydrogens is 208 g/mol. The number of halogens is 1. The summed E-state index contributed by atoms with van der Waals surface area (Å²) >= 11 is 7.35. The molecule has 0 saturated carbocycles. The van der Waals surface area contributed by atoms with Gasteiger partial charge >= 0.3 is 0 Å². The second kappa shape index (κ2) is 5.57. The summed E-state index contributed by atoms with van der Waals surface area (Å²) in [6.45, 7) is 0.685. The molecule has 74 valence electrons. The van der Waals surface area contributed by atoms with Gasteiger partial charge in [0.15, 0.2) is 0 Å². The standard InChI is InChI=1S/C8H13ClN2OS/c1-12-5-4-6(11-10)7-2-3-8(9)13-7/h2-3,6,11H,4-5,10H2,1H3. The fraction of sp³-hybridized carbons (Fsp3) is 0.500. The molecule has 0 aromatic carbocycles. The second-order valence-electron chi connectivity index (χ2n) is 2.64. The molecular formula is C8H13ClN2OS. The summed E-state index contributed by atoms with van der Waals surface area (Å²) in [5.74, 6) is 5.41. The second-order valence-corrected chi connectivity index (χ2v) is 4.39. The third kappa shape index (κ3) is 3.25. The van der Waals surface area contributed by atoms with Gasteiger partial charge in [-0.1, -0.05) is 11.6 Å². The summed E-state index contributed by atoms with van der Waals surface area (Å²) in [5, 5.41) is 0. The molecule has 13 heavy (non-hydrogen) atoms. The van der Waals surface area contributed by atoms with Gasteiger partial charge in [0.25, 0.3) is 0 Å². The summed E-state index contributed by atoms with van der Waals surface area (Å²) in [7, 11) is 1.68. The summed E-state index contributed by atoms with van der Waals surface area (Å²) < 4.78 is 5.76. The van der Waals surface area contributed by atoms with Gasteiger partial charge in [-0.25, -0.2) is 0 Å². The highest BCUT2D eigenvalue weighted by atomic mass is 35.5. The van der Waals surface area contributed by atoms with E-state index in [-0.39, 0.29) is 6.04 Å². The molecule has 1 rings (SSSR count). The Morgan fingerprint density at radius 3 is 2.92 bits per heavy atom. The number of methoxy groups -OCH3 is 1. The average Bonchev–Trinajstić information content (AvgIpc) is 2.54. The summed E-state index contributed by atoms with van der Waals surface area (Å²) in [6.07, 6.45) is 0.851. The molecule has 0 saturated heterocycles. The number of ether oxygens (including phenoxy) is 1. The van der Waals surface area contributed by atoms with Gasteiger partial charge in [0.05, 0.1) is 10.4 Å². The predicted octanol–water partition coefficient (Wildman–Crippen LogP) is 1.94. The minimum atomic E-state index is 0.137. The number of hydrogen-bond donors (Lipinski definition) is 2. The Morgan fingerprint density at radius 2 is 2.46 bits per heavy atom. The van der Waals surface area contributed by atoms with Crippen LogP contribution in [0.2, 0.25) is 4.34 Å². The van der Waals surface area contributed by atoms with Crippen LogP contribution in [0.15, 0.2) is 12.1 Å². The highest BCUT2D eigenvalue weighted by Crippen LogP contribution is 2.28. The van der Waals surface area contributed by atoms with Crippen LogP contribution in [0.25, 0.3) is 0 Å². The number of thiophene rings is 1. The van der Waals surface area contributed by atoms with E-state index in [1.807, 2.05) is 12.1 Å². The van der Waals surface area contributed by atoms with Gasteiger partial charge < -0.3 is 4.74 Å². The maximum atomic E-state index is 5.81. The molecule has 1 aromatic heterocycles. The zero-order chi connectivity index (χ0) is 9.68. The minimum absolute atomic E-state index is 0.137. The molecule has 0 radical (unpaired) electrons. The van der Waals surface area contributed by atoms with Crippen molar-refractivity contribution in [3.8, 4) is 0 Å². The summed E-state index contributed by atoms with van der Waals surface area (Å²) in [4.78, 5) is 1.14. The van der Waals surface area contributed by atoms with Crippen LogP contribution in [0.1, 0.15) is 17.3 Å². The van der Waals surface area contributed by atoms with Gasteiger partial charge in [0.1, 0.15) is 0 Å². The van der Waals surface area contributed by atoms with Crippen molar-refractivity contribution in [3.63, 3.8) is 0 Å². The average molecular weight is 221 g/mol. The van der Waals surface area contributed by atoms with E-state index in [4.69, 9.17) is 22.2 Å². The van der Waals surface area contributed by atoms with E-state index in [0.717, 1.165) is 15.6 Å². The van der Waals surface area contributed by atoms with E-state index in [0.29, 0.717) is 6.61 Å². The lowest BCUT2D eigenvalue weighted by molar-refractivity contribution is 0.183. The van der Waals surface area contributed by atoms with E-state index in [9.17, 15) is 0 Å². The third-order valence-electron chi connectivity index (χ3n) is 1.75. The van der Waals surface area contributed by atoms with Crippen LogP contribution in [0.5, 0.6) is 0 Å². The molecule has 0 spiro atoms. The van der Waals surface area contributed by atoms with Gasteiger partial charge in [-0.05, 0) is 18.6 Å². The van der Waals surface area contributed by atoms with Crippen molar-refractivity contribution in [3.05, 3.63) is 21.3 Å². The highest BCUT2D eigenvalue weighted by Gasteiger charge is 2.11. The zero-order valence-corrected chi connectivity index (χ0v) is 8.99. The Kier molecular flexibility index (Phi) is 4.69. The predicted molar refractivity (Wildman–Crippen MR) is 55.9 cm³/mol. The van der Waals surface area contributed by atoms with Crippen LogP contribution in [0, 0.1) is 0 Å². The maximum absolute atomic E-state index is 5.81. The van der Waals surface area contributed by atoms with Gasteiger partial charge in [-0.2, -0.15) is 0 Å². The van der Waals surface area contributed by atoms with Gasteiger partial charge in [0, 0.05) is 18.6 Å². The number of hydrazine groups is 1. The van der Waals surface area contributed by atoms with Crippen LogP contribution in [0.3, 0.4) is 0 Å². The number of rotatable bonds is 5. The topological polar surface area (TPSA) is 47.3 Å². The van der Waals surface area contributed by atoms with Crippen molar-refractivity contribution in [2.75, 3.05) is 13.7 Å². The lowest BCUT2D eigenvalue weighted by atomic mass is 10.2. The van der Waals surface area contributed by atoms with E-state index in [1.165, 1.54) is 11.3 Å². The van der Waals surface area contributed by atoms with Crippen molar-refractivity contribution in [1.82, 2.24) is 5.43 Å². The van der Waals surface area contributed by atoms with Crippen molar-refractivity contribution in [1.29, 1.82) is 0 Å². The van der Waals surface area contributed by atoms with Crippen LogP contribution >= 0.6 is 22.9 Å². The molecule has 1 heterocycles. The van der Waals surface area contributed by atoms with Gasteiger partial charge in [-0.3, -0.25) is 11.3 Å². The fourth-order valence-corrected chi connectivity index (χ4v) is 2.21. The number of nitrogens with one attached hydrogen (secondary N) is 1. The molecule has 1 atom stereocenters. The Bertz CT molecular complexity index is 254. The number of hydrogen-bond acceptors (Lipinski definition) is 4. The first-order valence-corrected chi connectivity index (χ1v) is 5.17. The first-order chi connectivity index (χ1) is 6.27. The molecule has 0 aliphatic rings. The molecule has 1 aromatic rings. The van der Waals surface area contributed by atoms with Crippen molar-refractivity contribution in [2.45, 2.75) is 12.5 Å². The molecule has 0 fully saturated rings. The van der Waals surface area contributed by atoms with Crippen molar-refractivity contribution < 1.29 is 4.74 Å². The Morgan fingerprint density at radius 1 is 1.69 bits per heavy atom. The number of nitrogens with two attached hydrogens (primary N) is 1. The molecule has 5 heteroatoms.